The van der Waals surface area contributed by atoms with Gasteiger partial charge in [0.1, 0.15) is 23.9 Å². The summed E-state index contributed by atoms with van der Waals surface area (Å²) in [5, 5.41) is 11.2. The summed E-state index contributed by atoms with van der Waals surface area (Å²) < 4.78 is 22.9. The van der Waals surface area contributed by atoms with E-state index in [-0.39, 0.29) is 24.3 Å². The van der Waals surface area contributed by atoms with Gasteiger partial charge >= 0.3 is 17.9 Å². The Morgan fingerprint density at radius 3 is 2.52 bits per heavy atom. The molecule has 0 spiro atoms. The molecule has 29 heavy (non-hydrogen) atoms. The summed E-state index contributed by atoms with van der Waals surface area (Å²) >= 11 is 0. The highest BCUT2D eigenvalue weighted by atomic mass is 16.7. The van der Waals surface area contributed by atoms with Gasteiger partial charge in [-0.15, -0.1) is 0 Å². The largest absolute Gasteiger partial charge is 0.461 e. The number of ether oxygens (including phenoxy) is 4. The van der Waals surface area contributed by atoms with E-state index < -0.39 is 59.4 Å². The smallest absolute Gasteiger partial charge is 0.334 e. The number of carbonyl (C=O) groups excluding carboxylic acids is 3. The number of fused-ring (bicyclic) bond motifs is 3. The van der Waals surface area contributed by atoms with Gasteiger partial charge < -0.3 is 24.1 Å². The number of hydrogen-bond acceptors (Lipinski definition) is 8. The fourth-order valence-electron chi connectivity index (χ4n) is 4.60. The van der Waals surface area contributed by atoms with Gasteiger partial charge in [-0.2, -0.15) is 0 Å². The second-order valence-electron chi connectivity index (χ2n) is 9.03. The normalized spacial score (nSPS) is 41.8. The van der Waals surface area contributed by atoms with Crippen molar-refractivity contribution in [2.45, 2.75) is 83.6 Å². The number of rotatable bonds is 3. The van der Waals surface area contributed by atoms with Gasteiger partial charge in [0.05, 0.1) is 11.8 Å². The van der Waals surface area contributed by atoms with E-state index >= 15 is 0 Å². The summed E-state index contributed by atoms with van der Waals surface area (Å²) in [6.45, 7) is 12.1. The molecule has 1 N–H and O–H groups in total. The lowest BCUT2D eigenvalue weighted by Crippen LogP contribution is -2.46. The predicted molar refractivity (Wildman–Crippen MR) is 100 cm³/mol. The van der Waals surface area contributed by atoms with Crippen LogP contribution in [0.1, 0.15) is 53.9 Å². The van der Waals surface area contributed by atoms with Crippen molar-refractivity contribution in [3.63, 3.8) is 0 Å². The fraction of sp³-hybridized carbons (Fsp3) is 0.762. The monoisotopic (exact) mass is 410 g/mol. The van der Waals surface area contributed by atoms with Gasteiger partial charge in [-0.05, 0) is 13.3 Å². The second-order valence-corrected chi connectivity index (χ2v) is 9.03. The van der Waals surface area contributed by atoms with Crippen molar-refractivity contribution in [3.8, 4) is 0 Å². The zero-order valence-electron chi connectivity index (χ0n) is 17.6. The van der Waals surface area contributed by atoms with Crippen LogP contribution in [0.15, 0.2) is 12.2 Å². The average molecular weight is 410 g/mol. The van der Waals surface area contributed by atoms with Gasteiger partial charge in [-0.3, -0.25) is 9.59 Å². The van der Waals surface area contributed by atoms with Gasteiger partial charge in [0.15, 0.2) is 5.79 Å². The van der Waals surface area contributed by atoms with Gasteiger partial charge in [-0.25, -0.2) is 4.79 Å². The molecule has 3 aliphatic heterocycles. The molecule has 8 heteroatoms. The van der Waals surface area contributed by atoms with Crippen molar-refractivity contribution >= 4 is 17.9 Å². The van der Waals surface area contributed by atoms with Crippen LogP contribution < -0.4 is 0 Å². The summed E-state index contributed by atoms with van der Waals surface area (Å²) in [6.07, 6.45) is -1.58. The number of esters is 3. The maximum absolute atomic E-state index is 12.4. The van der Waals surface area contributed by atoms with Gasteiger partial charge in [0, 0.05) is 31.3 Å². The molecule has 162 valence electrons. The molecule has 3 heterocycles. The number of aliphatic hydroxyl groups is 1. The first kappa shape index (κ1) is 21.8. The molecule has 3 fully saturated rings. The van der Waals surface area contributed by atoms with E-state index in [0.717, 1.165) is 0 Å². The molecule has 2 bridgehead atoms. The average Bonchev–Trinajstić information content (AvgIpc) is 3.00. The minimum atomic E-state index is -1.56. The van der Waals surface area contributed by atoms with Gasteiger partial charge in [-0.1, -0.05) is 27.4 Å². The van der Waals surface area contributed by atoms with E-state index in [2.05, 4.69) is 6.58 Å². The highest BCUT2D eigenvalue weighted by molar-refractivity contribution is 5.91. The molecule has 0 aromatic carbocycles. The van der Waals surface area contributed by atoms with Crippen LogP contribution in [-0.4, -0.2) is 52.7 Å². The van der Waals surface area contributed by atoms with Crippen LogP contribution in [0.4, 0.5) is 0 Å². The molecule has 3 rings (SSSR count). The SMILES string of the molecule is C=C1C(=O)O[C@@H]2C[C@H](C)[C@@]3(O)C[C@H](OC(C)=O)[C@@](C)(C[C@@H](OC(=O)C(C)C)[C@@H]12)O3. The Hall–Kier alpha value is -1.93. The molecule has 0 amide bonds. The molecule has 0 radical (unpaired) electrons. The first-order valence-electron chi connectivity index (χ1n) is 10.1. The third-order valence-corrected chi connectivity index (χ3v) is 6.30. The Balaban J connectivity index is 2.03. The zero-order chi connectivity index (χ0) is 21.7. The first-order chi connectivity index (χ1) is 13.4. The molecular formula is C21H30O8. The van der Waals surface area contributed by atoms with Crippen molar-refractivity contribution in [1.82, 2.24) is 0 Å². The van der Waals surface area contributed by atoms with Crippen LogP contribution >= 0.6 is 0 Å². The quantitative estimate of drug-likeness (QED) is 0.427. The molecular weight excluding hydrogens is 380 g/mol. The van der Waals surface area contributed by atoms with Crippen LogP contribution in [-0.2, 0) is 33.3 Å². The summed E-state index contributed by atoms with van der Waals surface area (Å²) in [4.78, 5) is 36.3. The van der Waals surface area contributed by atoms with Crippen LogP contribution in [0.5, 0.6) is 0 Å². The second kappa shape index (κ2) is 7.40. The lowest BCUT2D eigenvalue weighted by molar-refractivity contribution is -0.253. The first-order valence-corrected chi connectivity index (χ1v) is 10.1. The van der Waals surface area contributed by atoms with Gasteiger partial charge in [0.25, 0.3) is 0 Å². The molecule has 3 saturated heterocycles. The summed E-state index contributed by atoms with van der Waals surface area (Å²) in [5.41, 5.74) is -0.876. The Labute approximate surface area is 170 Å². The molecule has 0 unspecified atom stereocenters. The maximum atomic E-state index is 12.4. The van der Waals surface area contributed by atoms with E-state index in [1.807, 2.05) is 0 Å². The van der Waals surface area contributed by atoms with Crippen molar-refractivity contribution < 1.29 is 38.4 Å². The van der Waals surface area contributed by atoms with E-state index in [9.17, 15) is 19.5 Å². The maximum Gasteiger partial charge on any atom is 0.334 e. The van der Waals surface area contributed by atoms with Crippen molar-refractivity contribution in [2.24, 2.45) is 17.8 Å². The van der Waals surface area contributed by atoms with E-state index in [4.69, 9.17) is 18.9 Å². The molecule has 3 aliphatic rings. The third-order valence-electron chi connectivity index (χ3n) is 6.30. The Bertz CT molecular complexity index is 730. The van der Waals surface area contributed by atoms with Gasteiger partial charge in [0.2, 0.25) is 0 Å². The highest BCUT2D eigenvalue weighted by Crippen LogP contribution is 2.50. The third kappa shape index (κ3) is 3.92. The van der Waals surface area contributed by atoms with E-state index in [1.165, 1.54) is 6.92 Å². The lowest BCUT2D eigenvalue weighted by atomic mass is 9.77. The predicted octanol–water partition coefficient (Wildman–Crippen LogP) is 1.88. The van der Waals surface area contributed by atoms with E-state index in [1.54, 1.807) is 27.7 Å². The van der Waals surface area contributed by atoms with Crippen LogP contribution in [0.2, 0.25) is 0 Å². The van der Waals surface area contributed by atoms with Crippen molar-refractivity contribution in [3.05, 3.63) is 12.2 Å². The minimum absolute atomic E-state index is 0.0847. The standard InChI is InChI=1S/C21H30O8/c1-10(2)18(23)28-15-8-20(6)16(26-13(5)22)9-21(25,29-20)11(3)7-14-17(15)12(4)19(24)27-14/h10-11,14-17,25H,4,7-9H2,1-3,5-6H3/t11-,14+,15+,16-,17-,20+,21+/m0/s1. The fourth-order valence-corrected chi connectivity index (χ4v) is 4.60. The molecule has 0 aromatic rings. The molecule has 0 aromatic heterocycles. The lowest BCUT2D eigenvalue weighted by Gasteiger charge is -2.35. The topological polar surface area (TPSA) is 108 Å². The molecule has 7 atom stereocenters. The minimum Gasteiger partial charge on any atom is -0.461 e. The molecule has 8 nitrogen and oxygen atoms in total. The van der Waals surface area contributed by atoms with E-state index in [0.29, 0.717) is 6.42 Å². The highest BCUT2D eigenvalue weighted by Gasteiger charge is 2.61. The zero-order valence-corrected chi connectivity index (χ0v) is 17.6. The number of carbonyl (C=O) groups is 3. The Morgan fingerprint density at radius 1 is 1.28 bits per heavy atom. The molecule has 0 saturated carbocycles. The van der Waals surface area contributed by atoms with Crippen LogP contribution in [0.25, 0.3) is 0 Å². The van der Waals surface area contributed by atoms with Crippen LogP contribution in [0, 0.1) is 17.8 Å². The Morgan fingerprint density at radius 2 is 1.93 bits per heavy atom. The molecule has 0 aliphatic carbocycles. The summed E-state index contributed by atoms with van der Waals surface area (Å²) in [5.74, 6) is -4.36. The Kier molecular flexibility index (Phi) is 5.55. The summed E-state index contributed by atoms with van der Waals surface area (Å²) in [6, 6.07) is 0. The van der Waals surface area contributed by atoms with Crippen molar-refractivity contribution in [2.75, 3.05) is 0 Å². The van der Waals surface area contributed by atoms with Crippen molar-refractivity contribution in [1.29, 1.82) is 0 Å². The van der Waals surface area contributed by atoms with Crippen LogP contribution in [0.3, 0.4) is 0 Å². The summed E-state index contributed by atoms with van der Waals surface area (Å²) in [7, 11) is 0. The number of hydrogen-bond donors (Lipinski definition) is 1.